The highest BCUT2D eigenvalue weighted by molar-refractivity contribution is 6.32. The fourth-order valence-corrected chi connectivity index (χ4v) is 1.38. The van der Waals surface area contributed by atoms with Gasteiger partial charge in [0.2, 0.25) is 0 Å². The van der Waals surface area contributed by atoms with Crippen LogP contribution in [0, 0.1) is 11.3 Å². The van der Waals surface area contributed by atoms with Gasteiger partial charge in [-0.3, -0.25) is 0 Å². The molecule has 4 nitrogen and oxygen atoms in total. The molecule has 0 fully saturated rings. The Morgan fingerprint density at radius 3 is 2.88 bits per heavy atom. The van der Waals surface area contributed by atoms with Crippen LogP contribution in [-0.2, 0) is 4.74 Å². The summed E-state index contributed by atoms with van der Waals surface area (Å²) in [4.78, 5) is 11.3. The van der Waals surface area contributed by atoms with Gasteiger partial charge in [0.15, 0.2) is 0 Å². The van der Waals surface area contributed by atoms with E-state index in [4.69, 9.17) is 22.6 Å². The number of nitrogens with two attached hydrogens (primary N) is 1. The van der Waals surface area contributed by atoms with Gasteiger partial charge in [-0.15, -0.1) is 0 Å². The summed E-state index contributed by atoms with van der Waals surface area (Å²) in [6.45, 7) is 0. The summed E-state index contributed by atoms with van der Waals surface area (Å²) in [5, 5.41) is 8.77. The van der Waals surface area contributed by atoms with Crippen molar-refractivity contribution in [1.82, 2.24) is 0 Å². The molecule has 0 saturated carbocycles. The molecule has 0 aliphatic carbocycles. The number of hydrogen-bond donors (Lipinski definition) is 1. The molecule has 0 bridgehead atoms. The summed E-state index contributed by atoms with van der Waals surface area (Å²) in [6, 6.07) is 4.77. The second-order valence-corrected chi connectivity index (χ2v) is 3.32. The average molecular weight is 237 g/mol. The number of allylic oxidation sites excluding steroid dienone is 1. The zero-order valence-corrected chi connectivity index (χ0v) is 9.28. The average Bonchev–Trinajstić information content (AvgIpc) is 2.27. The van der Waals surface area contributed by atoms with Gasteiger partial charge in [0.25, 0.3) is 0 Å². The molecule has 0 heterocycles. The third-order valence-corrected chi connectivity index (χ3v) is 2.24. The molecule has 1 rings (SSSR count). The Labute approximate surface area is 97.9 Å². The maximum absolute atomic E-state index is 11.3. The largest absolute Gasteiger partial charge is 0.465 e. The number of halogens is 1. The van der Waals surface area contributed by atoms with Crippen molar-refractivity contribution in [2.24, 2.45) is 0 Å². The third-order valence-electron chi connectivity index (χ3n) is 1.91. The van der Waals surface area contributed by atoms with Crippen LogP contribution in [0.3, 0.4) is 0 Å². The first-order chi connectivity index (χ1) is 7.60. The highest BCUT2D eigenvalue weighted by Crippen LogP contribution is 2.25. The number of methoxy groups -OCH3 is 1. The number of hydrogen-bond acceptors (Lipinski definition) is 4. The van der Waals surface area contributed by atoms with E-state index < -0.39 is 5.97 Å². The molecule has 16 heavy (non-hydrogen) atoms. The van der Waals surface area contributed by atoms with Gasteiger partial charge in [-0.1, -0.05) is 11.6 Å². The van der Waals surface area contributed by atoms with Crippen molar-refractivity contribution in [3.63, 3.8) is 0 Å². The van der Waals surface area contributed by atoms with Crippen molar-refractivity contribution in [3.05, 3.63) is 34.4 Å². The van der Waals surface area contributed by atoms with Crippen LogP contribution in [0.15, 0.2) is 18.2 Å². The van der Waals surface area contributed by atoms with Crippen LogP contribution in [0.2, 0.25) is 5.02 Å². The van der Waals surface area contributed by atoms with E-state index in [0.717, 1.165) is 0 Å². The Kier molecular flexibility index (Phi) is 3.92. The smallest absolute Gasteiger partial charge is 0.339 e. The number of rotatable bonds is 2. The molecule has 0 unspecified atom stereocenters. The first kappa shape index (κ1) is 12.1. The Hall–Kier alpha value is -1.99. The van der Waals surface area contributed by atoms with E-state index in [1.807, 2.05) is 6.07 Å². The molecule has 0 spiro atoms. The van der Waals surface area contributed by atoms with E-state index in [9.17, 15) is 4.79 Å². The number of benzene rings is 1. The standard InChI is InChI=1S/C11H9ClN2O2/c1-16-11(15)8-5-7(3-2-4-13)9(12)6-10(8)14/h2-3,5-6H,14H2,1H3. The van der Waals surface area contributed by atoms with E-state index in [-0.39, 0.29) is 11.3 Å². The second kappa shape index (κ2) is 5.19. The van der Waals surface area contributed by atoms with Gasteiger partial charge < -0.3 is 10.5 Å². The van der Waals surface area contributed by atoms with Crippen LogP contribution in [-0.4, -0.2) is 13.1 Å². The minimum absolute atomic E-state index is 0.226. The lowest BCUT2D eigenvalue weighted by atomic mass is 10.1. The van der Waals surface area contributed by atoms with Gasteiger partial charge in [0, 0.05) is 16.8 Å². The molecule has 0 aliphatic heterocycles. The molecule has 0 saturated heterocycles. The summed E-state index contributed by atoms with van der Waals surface area (Å²) >= 11 is 5.89. The highest BCUT2D eigenvalue weighted by atomic mass is 35.5. The second-order valence-electron chi connectivity index (χ2n) is 2.91. The van der Waals surface area contributed by atoms with E-state index in [0.29, 0.717) is 10.6 Å². The minimum Gasteiger partial charge on any atom is -0.465 e. The molecule has 0 radical (unpaired) electrons. The number of nitrogens with zero attached hydrogens (tertiary/aromatic N) is 1. The van der Waals surface area contributed by atoms with Gasteiger partial charge >= 0.3 is 5.97 Å². The molecule has 1 aromatic carbocycles. The van der Waals surface area contributed by atoms with Crippen molar-refractivity contribution < 1.29 is 9.53 Å². The maximum Gasteiger partial charge on any atom is 0.339 e. The molecule has 2 N–H and O–H groups in total. The molecule has 5 heteroatoms. The molecule has 82 valence electrons. The monoisotopic (exact) mass is 236 g/mol. The molecular weight excluding hydrogens is 228 g/mol. The summed E-state index contributed by atoms with van der Waals surface area (Å²) in [5.74, 6) is -0.541. The predicted octanol–water partition coefficient (Wildman–Crippen LogP) is 2.25. The van der Waals surface area contributed by atoms with Gasteiger partial charge in [0.05, 0.1) is 18.7 Å². The molecule has 0 aliphatic rings. The topological polar surface area (TPSA) is 76.1 Å². The van der Waals surface area contributed by atoms with Crippen LogP contribution in [0.5, 0.6) is 0 Å². The Morgan fingerprint density at radius 1 is 1.62 bits per heavy atom. The molecule has 0 aromatic heterocycles. The van der Waals surface area contributed by atoms with E-state index in [1.54, 1.807) is 0 Å². The number of carbonyl (C=O) groups excluding carboxylic acids is 1. The fourth-order valence-electron chi connectivity index (χ4n) is 1.15. The third kappa shape index (κ3) is 2.53. The van der Waals surface area contributed by atoms with Gasteiger partial charge in [-0.25, -0.2) is 4.79 Å². The number of nitriles is 1. The van der Waals surface area contributed by atoms with E-state index in [2.05, 4.69) is 4.74 Å². The Morgan fingerprint density at radius 2 is 2.31 bits per heavy atom. The number of ether oxygens (including phenoxy) is 1. The molecule has 0 atom stereocenters. The van der Waals surface area contributed by atoms with Gasteiger partial charge in [-0.2, -0.15) is 5.26 Å². The van der Waals surface area contributed by atoms with Crippen LogP contribution >= 0.6 is 11.6 Å². The maximum atomic E-state index is 11.3. The normalized spacial score (nSPS) is 10.1. The predicted molar refractivity (Wildman–Crippen MR) is 61.9 cm³/mol. The van der Waals surface area contributed by atoms with Crippen molar-refractivity contribution in [2.75, 3.05) is 12.8 Å². The molecular formula is C11H9ClN2O2. The van der Waals surface area contributed by atoms with Gasteiger partial charge in [0.1, 0.15) is 0 Å². The Balaban J connectivity index is 3.28. The first-order valence-electron chi connectivity index (χ1n) is 4.33. The summed E-state index contributed by atoms with van der Waals surface area (Å²) in [5.41, 5.74) is 6.63. The van der Waals surface area contributed by atoms with Crippen LogP contribution in [0.1, 0.15) is 15.9 Å². The van der Waals surface area contributed by atoms with Crippen molar-refractivity contribution >= 4 is 29.3 Å². The van der Waals surface area contributed by atoms with E-state index >= 15 is 0 Å². The van der Waals surface area contributed by atoms with Crippen LogP contribution in [0.4, 0.5) is 5.69 Å². The first-order valence-corrected chi connectivity index (χ1v) is 4.71. The fraction of sp³-hybridized carbons (Fsp3) is 0.0909. The quantitative estimate of drug-likeness (QED) is 0.485. The Bertz CT molecular complexity index is 489. The zero-order chi connectivity index (χ0) is 12.1. The van der Waals surface area contributed by atoms with Crippen molar-refractivity contribution in [1.29, 1.82) is 5.26 Å². The van der Waals surface area contributed by atoms with E-state index in [1.165, 1.54) is 31.4 Å². The lowest BCUT2D eigenvalue weighted by molar-refractivity contribution is 0.0602. The summed E-state index contributed by atoms with van der Waals surface area (Å²) < 4.78 is 4.57. The molecule has 1 aromatic rings. The zero-order valence-electron chi connectivity index (χ0n) is 8.53. The SMILES string of the molecule is COC(=O)c1cc(C=CC#N)c(Cl)cc1N. The summed E-state index contributed by atoms with van der Waals surface area (Å²) in [6.07, 6.45) is 2.76. The van der Waals surface area contributed by atoms with Crippen molar-refractivity contribution in [3.8, 4) is 6.07 Å². The van der Waals surface area contributed by atoms with Crippen LogP contribution in [0.25, 0.3) is 6.08 Å². The lowest BCUT2D eigenvalue weighted by Gasteiger charge is -2.06. The lowest BCUT2D eigenvalue weighted by Crippen LogP contribution is -2.06. The van der Waals surface area contributed by atoms with Crippen molar-refractivity contribution in [2.45, 2.75) is 0 Å². The van der Waals surface area contributed by atoms with Crippen LogP contribution < -0.4 is 5.73 Å². The number of esters is 1. The summed E-state index contributed by atoms with van der Waals surface area (Å²) in [7, 11) is 1.27. The molecule has 0 amide bonds. The number of anilines is 1. The minimum atomic E-state index is -0.541. The number of nitrogen functional groups attached to an aromatic ring is 1. The van der Waals surface area contributed by atoms with Gasteiger partial charge in [-0.05, 0) is 23.8 Å². The highest BCUT2D eigenvalue weighted by Gasteiger charge is 2.12. The number of carbonyl (C=O) groups is 1.